The van der Waals surface area contributed by atoms with Crippen molar-refractivity contribution in [2.45, 2.75) is 26.7 Å². The Morgan fingerprint density at radius 2 is 2.25 bits per heavy atom. The monoisotopic (exact) mass is 242 g/mol. The van der Waals surface area contributed by atoms with Crippen LogP contribution in [0.2, 0.25) is 5.15 Å². The van der Waals surface area contributed by atoms with Crippen molar-refractivity contribution in [1.29, 1.82) is 0 Å². The number of hydrogen-bond donors (Lipinski definition) is 1. The van der Waals surface area contributed by atoms with Crippen LogP contribution in [0.4, 0.5) is 0 Å². The molecule has 1 amide bonds. The topological polar surface area (TPSA) is 51.2 Å². The Kier molecular flexibility index (Phi) is 4.71. The summed E-state index contributed by atoms with van der Waals surface area (Å²) in [5.41, 5.74) is 3.56. The van der Waals surface area contributed by atoms with Crippen LogP contribution in [0.5, 0.6) is 0 Å². The van der Waals surface area contributed by atoms with Crippen LogP contribution in [0.15, 0.2) is 12.1 Å². The van der Waals surface area contributed by atoms with Gasteiger partial charge in [0.05, 0.1) is 6.61 Å². The van der Waals surface area contributed by atoms with Crippen LogP contribution in [0.1, 0.15) is 42.7 Å². The van der Waals surface area contributed by atoms with Gasteiger partial charge in [-0.25, -0.2) is 10.5 Å². The molecule has 1 aromatic rings. The first kappa shape index (κ1) is 12.9. The standard InChI is InChI=1S/C11H15ClN2O2/c1-4-16-14-11(15)8-5-9(7(2)3)13-10(12)6-8/h5-7H,4H2,1-3H3,(H,14,15). The minimum atomic E-state index is -0.312. The number of pyridine rings is 1. The molecule has 1 aromatic heterocycles. The summed E-state index contributed by atoms with van der Waals surface area (Å²) in [4.78, 5) is 20.6. The maximum Gasteiger partial charge on any atom is 0.275 e. The van der Waals surface area contributed by atoms with Gasteiger partial charge in [0.25, 0.3) is 5.91 Å². The zero-order valence-corrected chi connectivity index (χ0v) is 10.3. The van der Waals surface area contributed by atoms with Crippen molar-refractivity contribution >= 4 is 17.5 Å². The molecular formula is C11H15ClN2O2. The Bertz CT molecular complexity index is 380. The molecule has 0 atom stereocenters. The number of nitrogens with one attached hydrogen (secondary N) is 1. The van der Waals surface area contributed by atoms with E-state index < -0.39 is 0 Å². The fraction of sp³-hybridized carbons (Fsp3) is 0.455. The second kappa shape index (κ2) is 5.82. The summed E-state index contributed by atoms with van der Waals surface area (Å²) in [5, 5.41) is 0.313. The molecule has 88 valence electrons. The second-order valence-corrected chi connectivity index (χ2v) is 4.01. The Morgan fingerprint density at radius 3 is 2.81 bits per heavy atom. The average molecular weight is 243 g/mol. The normalized spacial score (nSPS) is 10.6. The highest BCUT2D eigenvalue weighted by atomic mass is 35.5. The van der Waals surface area contributed by atoms with Crippen molar-refractivity contribution in [3.05, 3.63) is 28.5 Å². The average Bonchev–Trinajstić information content (AvgIpc) is 2.24. The van der Waals surface area contributed by atoms with Crippen molar-refractivity contribution in [3.63, 3.8) is 0 Å². The van der Waals surface area contributed by atoms with E-state index >= 15 is 0 Å². The fourth-order valence-corrected chi connectivity index (χ4v) is 1.36. The number of hydroxylamine groups is 1. The third kappa shape index (κ3) is 3.47. The van der Waals surface area contributed by atoms with Gasteiger partial charge in [-0.3, -0.25) is 9.63 Å². The molecule has 0 radical (unpaired) electrons. The zero-order valence-electron chi connectivity index (χ0n) is 9.58. The molecule has 0 fully saturated rings. The molecule has 0 aliphatic carbocycles. The van der Waals surface area contributed by atoms with E-state index in [2.05, 4.69) is 10.5 Å². The van der Waals surface area contributed by atoms with E-state index in [1.807, 2.05) is 13.8 Å². The zero-order chi connectivity index (χ0) is 12.1. The molecule has 0 aliphatic rings. The van der Waals surface area contributed by atoms with Crippen molar-refractivity contribution < 1.29 is 9.63 Å². The van der Waals surface area contributed by atoms with Crippen molar-refractivity contribution in [2.24, 2.45) is 0 Å². The lowest BCUT2D eigenvalue weighted by atomic mass is 10.1. The SMILES string of the molecule is CCONC(=O)c1cc(Cl)nc(C(C)C)c1. The van der Waals surface area contributed by atoms with Gasteiger partial charge in [-0.15, -0.1) is 0 Å². The molecule has 4 nitrogen and oxygen atoms in total. The van der Waals surface area contributed by atoms with Crippen LogP contribution in [0, 0.1) is 0 Å². The number of rotatable bonds is 4. The van der Waals surface area contributed by atoms with Gasteiger partial charge in [0.15, 0.2) is 0 Å². The van der Waals surface area contributed by atoms with Crippen LogP contribution in [-0.2, 0) is 4.84 Å². The fourth-order valence-electron chi connectivity index (χ4n) is 1.14. The van der Waals surface area contributed by atoms with E-state index in [9.17, 15) is 4.79 Å². The Morgan fingerprint density at radius 1 is 1.56 bits per heavy atom. The Balaban J connectivity index is 2.91. The van der Waals surface area contributed by atoms with Crippen molar-refractivity contribution in [2.75, 3.05) is 6.61 Å². The summed E-state index contributed by atoms with van der Waals surface area (Å²) < 4.78 is 0. The summed E-state index contributed by atoms with van der Waals surface area (Å²) >= 11 is 5.84. The predicted molar refractivity (Wildman–Crippen MR) is 62.4 cm³/mol. The first-order chi connectivity index (χ1) is 7.54. The van der Waals surface area contributed by atoms with Gasteiger partial charge >= 0.3 is 0 Å². The number of nitrogens with zero attached hydrogens (tertiary/aromatic N) is 1. The third-order valence-electron chi connectivity index (χ3n) is 1.98. The van der Waals surface area contributed by atoms with Gasteiger partial charge in [0, 0.05) is 11.3 Å². The van der Waals surface area contributed by atoms with E-state index in [0.29, 0.717) is 17.3 Å². The van der Waals surface area contributed by atoms with Crippen LogP contribution in [0.25, 0.3) is 0 Å². The summed E-state index contributed by atoms with van der Waals surface area (Å²) in [5.74, 6) is -0.0922. The molecule has 1 rings (SSSR count). The van der Waals surface area contributed by atoms with Gasteiger partial charge in [-0.1, -0.05) is 25.4 Å². The molecule has 0 spiro atoms. The lowest BCUT2D eigenvalue weighted by Crippen LogP contribution is -2.23. The highest BCUT2D eigenvalue weighted by molar-refractivity contribution is 6.29. The molecule has 16 heavy (non-hydrogen) atoms. The van der Waals surface area contributed by atoms with Gasteiger partial charge in [0.1, 0.15) is 5.15 Å². The first-order valence-corrected chi connectivity index (χ1v) is 5.52. The lowest BCUT2D eigenvalue weighted by molar-refractivity contribution is 0.0364. The number of amides is 1. The van der Waals surface area contributed by atoms with E-state index in [0.717, 1.165) is 5.69 Å². The first-order valence-electron chi connectivity index (χ1n) is 5.14. The number of hydrogen-bond acceptors (Lipinski definition) is 3. The van der Waals surface area contributed by atoms with Crippen LogP contribution in [-0.4, -0.2) is 17.5 Å². The van der Waals surface area contributed by atoms with Crippen LogP contribution in [0.3, 0.4) is 0 Å². The van der Waals surface area contributed by atoms with Gasteiger partial charge < -0.3 is 0 Å². The smallest absolute Gasteiger partial charge is 0.274 e. The summed E-state index contributed by atoms with van der Waals surface area (Å²) in [6, 6.07) is 3.23. The Labute approximate surface area is 99.9 Å². The van der Waals surface area contributed by atoms with E-state index in [-0.39, 0.29) is 11.8 Å². The lowest BCUT2D eigenvalue weighted by Gasteiger charge is -2.08. The summed E-state index contributed by atoms with van der Waals surface area (Å²) in [6.07, 6.45) is 0. The van der Waals surface area contributed by atoms with Crippen molar-refractivity contribution in [1.82, 2.24) is 10.5 Å². The molecule has 0 aliphatic heterocycles. The predicted octanol–water partition coefficient (Wildman–Crippen LogP) is 2.54. The number of aromatic nitrogens is 1. The van der Waals surface area contributed by atoms with Gasteiger partial charge in [0.2, 0.25) is 0 Å². The molecule has 0 aromatic carbocycles. The van der Waals surface area contributed by atoms with Crippen LogP contribution >= 0.6 is 11.6 Å². The van der Waals surface area contributed by atoms with E-state index in [1.165, 1.54) is 6.07 Å². The highest BCUT2D eigenvalue weighted by Gasteiger charge is 2.10. The number of carbonyl (C=O) groups is 1. The Hall–Kier alpha value is -1.13. The van der Waals surface area contributed by atoms with Gasteiger partial charge in [-0.2, -0.15) is 0 Å². The maximum atomic E-state index is 11.6. The maximum absolute atomic E-state index is 11.6. The molecule has 0 bridgehead atoms. The summed E-state index contributed by atoms with van der Waals surface area (Å²) in [6.45, 7) is 6.19. The third-order valence-corrected chi connectivity index (χ3v) is 2.17. The highest BCUT2D eigenvalue weighted by Crippen LogP contribution is 2.17. The molecular weight excluding hydrogens is 228 g/mol. The van der Waals surface area contributed by atoms with E-state index in [1.54, 1.807) is 13.0 Å². The van der Waals surface area contributed by atoms with Gasteiger partial charge in [-0.05, 0) is 25.0 Å². The minimum absolute atomic E-state index is 0.220. The number of carbonyl (C=O) groups excluding carboxylic acids is 1. The molecule has 0 saturated heterocycles. The largest absolute Gasteiger partial charge is 0.275 e. The molecule has 1 N–H and O–H groups in total. The second-order valence-electron chi connectivity index (χ2n) is 3.62. The molecule has 0 saturated carbocycles. The molecule has 5 heteroatoms. The minimum Gasteiger partial charge on any atom is -0.274 e. The quantitative estimate of drug-likeness (QED) is 0.652. The summed E-state index contributed by atoms with van der Waals surface area (Å²) in [7, 11) is 0. The number of halogens is 1. The van der Waals surface area contributed by atoms with Crippen LogP contribution < -0.4 is 5.48 Å². The van der Waals surface area contributed by atoms with E-state index in [4.69, 9.17) is 16.4 Å². The molecule has 1 heterocycles. The molecule has 0 unspecified atom stereocenters. The van der Waals surface area contributed by atoms with Crippen molar-refractivity contribution in [3.8, 4) is 0 Å².